The largest absolute Gasteiger partial charge is 0.371 e. The molecule has 1 aromatic carbocycles. The van der Waals surface area contributed by atoms with Crippen molar-refractivity contribution >= 4 is 27.6 Å². The molecule has 28 heavy (non-hydrogen) atoms. The summed E-state index contributed by atoms with van der Waals surface area (Å²) in [4.78, 5) is 7.27. The van der Waals surface area contributed by atoms with Crippen LogP contribution in [0, 0.1) is 5.92 Å². The molecular formula is C20H30BrN7. The van der Waals surface area contributed by atoms with Gasteiger partial charge in [-0.1, -0.05) is 28.9 Å². The van der Waals surface area contributed by atoms with Crippen LogP contribution in [0.4, 0.5) is 5.69 Å². The van der Waals surface area contributed by atoms with E-state index in [1.807, 2.05) is 0 Å². The third kappa shape index (κ3) is 5.70. The van der Waals surface area contributed by atoms with E-state index >= 15 is 0 Å². The summed E-state index contributed by atoms with van der Waals surface area (Å²) < 4.78 is 3.22. The van der Waals surface area contributed by atoms with Gasteiger partial charge in [0.15, 0.2) is 5.96 Å². The second-order valence-electron chi connectivity index (χ2n) is 7.02. The summed E-state index contributed by atoms with van der Waals surface area (Å²) in [7, 11) is 0. The van der Waals surface area contributed by atoms with Gasteiger partial charge in [-0.05, 0) is 37.5 Å². The molecule has 0 saturated carbocycles. The average Bonchev–Trinajstić information content (AvgIpc) is 3.35. The SMILES string of the molecule is CCNC(=NCC1CCN(c2cccc(Br)c2)C1)NCCn1cnnc1CC. The topological polar surface area (TPSA) is 70.4 Å². The van der Waals surface area contributed by atoms with Gasteiger partial charge in [-0.15, -0.1) is 10.2 Å². The molecule has 8 heteroatoms. The first-order chi connectivity index (χ1) is 13.7. The van der Waals surface area contributed by atoms with Crippen molar-refractivity contribution in [2.45, 2.75) is 33.2 Å². The van der Waals surface area contributed by atoms with E-state index in [0.717, 1.165) is 61.9 Å². The van der Waals surface area contributed by atoms with Gasteiger partial charge < -0.3 is 20.1 Å². The van der Waals surface area contributed by atoms with E-state index in [2.05, 4.69) is 84.3 Å². The fraction of sp³-hybridized carbons (Fsp3) is 0.550. The number of halogens is 1. The van der Waals surface area contributed by atoms with E-state index in [-0.39, 0.29) is 0 Å². The smallest absolute Gasteiger partial charge is 0.191 e. The maximum atomic E-state index is 4.82. The molecule has 1 unspecified atom stereocenters. The summed E-state index contributed by atoms with van der Waals surface area (Å²) in [6.45, 7) is 9.66. The van der Waals surface area contributed by atoms with Crippen molar-refractivity contribution in [2.75, 3.05) is 37.6 Å². The van der Waals surface area contributed by atoms with Crippen LogP contribution in [0.5, 0.6) is 0 Å². The first-order valence-corrected chi connectivity index (χ1v) is 10.9. The summed E-state index contributed by atoms with van der Waals surface area (Å²) in [6.07, 6.45) is 3.86. The molecule has 7 nitrogen and oxygen atoms in total. The Hall–Kier alpha value is -2.09. The van der Waals surface area contributed by atoms with E-state index in [0.29, 0.717) is 5.92 Å². The van der Waals surface area contributed by atoms with Crippen LogP contribution >= 0.6 is 15.9 Å². The summed E-state index contributed by atoms with van der Waals surface area (Å²) in [6, 6.07) is 8.53. The third-order valence-corrected chi connectivity index (χ3v) is 5.46. The predicted molar refractivity (Wildman–Crippen MR) is 118 cm³/mol. The number of aryl methyl sites for hydroxylation is 1. The molecule has 2 heterocycles. The van der Waals surface area contributed by atoms with Crippen LogP contribution in [-0.4, -0.2) is 53.4 Å². The minimum absolute atomic E-state index is 0.582. The Kier molecular flexibility index (Phi) is 7.71. The van der Waals surface area contributed by atoms with Gasteiger partial charge in [0.2, 0.25) is 0 Å². The van der Waals surface area contributed by atoms with Crippen molar-refractivity contribution < 1.29 is 0 Å². The zero-order valence-corrected chi connectivity index (χ0v) is 18.3. The Morgan fingerprint density at radius 1 is 1.32 bits per heavy atom. The second kappa shape index (κ2) is 10.5. The average molecular weight is 448 g/mol. The lowest BCUT2D eigenvalue weighted by Gasteiger charge is -2.19. The van der Waals surface area contributed by atoms with Crippen molar-refractivity contribution in [3.63, 3.8) is 0 Å². The molecule has 152 valence electrons. The van der Waals surface area contributed by atoms with Crippen molar-refractivity contribution in [2.24, 2.45) is 10.9 Å². The van der Waals surface area contributed by atoms with Crippen LogP contribution in [0.15, 0.2) is 40.1 Å². The van der Waals surface area contributed by atoms with Gasteiger partial charge in [0.1, 0.15) is 12.2 Å². The van der Waals surface area contributed by atoms with E-state index in [1.165, 1.54) is 12.1 Å². The van der Waals surface area contributed by atoms with Crippen molar-refractivity contribution in [1.29, 1.82) is 0 Å². The van der Waals surface area contributed by atoms with E-state index in [1.54, 1.807) is 6.33 Å². The number of nitrogens with zero attached hydrogens (tertiary/aromatic N) is 5. The van der Waals surface area contributed by atoms with Gasteiger partial charge in [0, 0.05) is 55.8 Å². The molecule has 2 aromatic rings. The molecular weight excluding hydrogens is 418 g/mol. The Bertz CT molecular complexity index is 773. The molecule has 0 amide bonds. The Morgan fingerprint density at radius 2 is 2.21 bits per heavy atom. The maximum Gasteiger partial charge on any atom is 0.191 e. The monoisotopic (exact) mass is 447 g/mol. The van der Waals surface area contributed by atoms with Gasteiger partial charge in [-0.2, -0.15) is 0 Å². The number of rotatable bonds is 8. The molecule has 1 fully saturated rings. The van der Waals surface area contributed by atoms with Gasteiger partial charge in [-0.25, -0.2) is 0 Å². The summed E-state index contributed by atoms with van der Waals surface area (Å²) in [5, 5.41) is 14.9. The van der Waals surface area contributed by atoms with Crippen molar-refractivity contribution in [3.05, 3.63) is 40.9 Å². The Balaban J connectivity index is 1.49. The number of anilines is 1. The molecule has 1 aliphatic rings. The fourth-order valence-electron chi connectivity index (χ4n) is 3.49. The quantitative estimate of drug-likeness (QED) is 0.480. The highest BCUT2D eigenvalue weighted by molar-refractivity contribution is 9.10. The molecule has 0 aliphatic carbocycles. The number of benzene rings is 1. The summed E-state index contributed by atoms with van der Waals surface area (Å²) in [5.74, 6) is 2.48. The Labute approximate surface area is 175 Å². The molecule has 1 aromatic heterocycles. The summed E-state index contributed by atoms with van der Waals surface area (Å²) >= 11 is 3.56. The van der Waals surface area contributed by atoms with Crippen molar-refractivity contribution in [1.82, 2.24) is 25.4 Å². The van der Waals surface area contributed by atoms with Crippen LogP contribution in [-0.2, 0) is 13.0 Å². The minimum Gasteiger partial charge on any atom is -0.371 e. The van der Waals surface area contributed by atoms with Gasteiger partial charge in [0.25, 0.3) is 0 Å². The Morgan fingerprint density at radius 3 is 3.00 bits per heavy atom. The molecule has 0 bridgehead atoms. The molecule has 2 N–H and O–H groups in total. The van der Waals surface area contributed by atoms with Gasteiger partial charge in [-0.3, -0.25) is 4.99 Å². The molecule has 3 rings (SSSR count). The third-order valence-electron chi connectivity index (χ3n) is 4.97. The number of nitrogens with one attached hydrogen (secondary N) is 2. The number of aliphatic imine (C=N–C) groups is 1. The lowest BCUT2D eigenvalue weighted by molar-refractivity contribution is 0.594. The van der Waals surface area contributed by atoms with E-state index in [9.17, 15) is 0 Å². The highest BCUT2D eigenvalue weighted by Crippen LogP contribution is 2.26. The fourth-order valence-corrected chi connectivity index (χ4v) is 3.87. The van der Waals surface area contributed by atoms with Crippen LogP contribution in [0.25, 0.3) is 0 Å². The molecule has 1 aliphatic heterocycles. The predicted octanol–water partition coefficient (Wildman–Crippen LogP) is 2.68. The summed E-state index contributed by atoms with van der Waals surface area (Å²) in [5.41, 5.74) is 1.28. The van der Waals surface area contributed by atoms with Crippen LogP contribution < -0.4 is 15.5 Å². The van der Waals surface area contributed by atoms with E-state index < -0.39 is 0 Å². The second-order valence-corrected chi connectivity index (χ2v) is 7.94. The standard InChI is InChI=1S/C20H30BrN7/c1-3-19-26-25-15-28(19)11-9-23-20(22-4-2)24-13-16-8-10-27(14-16)18-7-5-6-17(21)12-18/h5-7,12,15-16H,3-4,8-11,13-14H2,1-2H3,(H2,22,23,24). The van der Waals surface area contributed by atoms with Gasteiger partial charge in [0.05, 0.1) is 0 Å². The van der Waals surface area contributed by atoms with Crippen LogP contribution in [0.2, 0.25) is 0 Å². The number of hydrogen-bond donors (Lipinski definition) is 2. The normalized spacial score (nSPS) is 17.2. The first kappa shape index (κ1) is 20.6. The number of hydrogen-bond acceptors (Lipinski definition) is 4. The maximum absolute atomic E-state index is 4.82. The molecule has 0 radical (unpaired) electrons. The number of guanidine groups is 1. The van der Waals surface area contributed by atoms with Gasteiger partial charge >= 0.3 is 0 Å². The van der Waals surface area contributed by atoms with Crippen molar-refractivity contribution in [3.8, 4) is 0 Å². The molecule has 1 saturated heterocycles. The minimum atomic E-state index is 0.582. The zero-order chi connectivity index (χ0) is 19.8. The lowest BCUT2D eigenvalue weighted by atomic mass is 10.1. The van der Waals surface area contributed by atoms with Crippen LogP contribution in [0.3, 0.4) is 0 Å². The molecule has 0 spiro atoms. The highest BCUT2D eigenvalue weighted by Gasteiger charge is 2.22. The van der Waals surface area contributed by atoms with Crippen LogP contribution in [0.1, 0.15) is 26.1 Å². The zero-order valence-electron chi connectivity index (χ0n) is 16.7. The highest BCUT2D eigenvalue weighted by atomic mass is 79.9. The number of aromatic nitrogens is 3. The molecule has 1 atom stereocenters. The van der Waals surface area contributed by atoms with E-state index in [4.69, 9.17) is 4.99 Å². The lowest BCUT2D eigenvalue weighted by Crippen LogP contribution is -2.39. The first-order valence-electron chi connectivity index (χ1n) is 10.1.